The molecule has 2 aromatic rings. The van der Waals surface area contributed by atoms with Crippen molar-refractivity contribution < 1.29 is 22.1 Å². The molecule has 0 aliphatic carbocycles. The lowest BCUT2D eigenvalue weighted by Crippen LogP contribution is -2.36. The minimum absolute atomic E-state index is 0.429. The van der Waals surface area contributed by atoms with Crippen molar-refractivity contribution in [3.05, 3.63) is 29.7 Å². The number of benzene rings is 1. The highest BCUT2D eigenvalue weighted by atomic mass is 19.4. The number of carbonyl (C=O) groups is 1. The molecule has 10 heteroatoms. The van der Waals surface area contributed by atoms with Gasteiger partial charge in [0, 0.05) is 0 Å². The molecular formula is C9H6BF4N4O-. The van der Waals surface area contributed by atoms with Gasteiger partial charge in [-0.15, -0.1) is 0 Å². The highest BCUT2D eigenvalue weighted by Gasteiger charge is 2.31. The number of rotatable bonds is 3. The zero-order chi connectivity index (χ0) is 14.2. The summed E-state index contributed by atoms with van der Waals surface area (Å²) >= 11 is 0. The zero-order valence-electron chi connectivity index (χ0n) is 9.20. The third kappa shape index (κ3) is 2.42. The van der Waals surface area contributed by atoms with E-state index in [2.05, 4.69) is 10.2 Å². The summed E-state index contributed by atoms with van der Waals surface area (Å²) in [5.74, 6) is -1.95. The summed E-state index contributed by atoms with van der Waals surface area (Å²) in [5, 5.41) is 8.77. The highest BCUT2D eigenvalue weighted by Crippen LogP contribution is 2.23. The second-order valence-electron chi connectivity index (χ2n) is 3.69. The van der Waals surface area contributed by atoms with Crippen LogP contribution >= 0.6 is 0 Å². The summed E-state index contributed by atoms with van der Waals surface area (Å²) in [5.41, 5.74) is 2.41. The molecule has 0 fully saturated rings. The molecule has 3 N–H and O–H groups in total. The Morgan fingerprint density at radius 3 is 2.53 bits per heavy atom. The minimum Gasteiger partial charge on any atom is -0.445 e. The van der Waals surface area contributed by atoms with Gasteiger partial charge in [0.2, 0.25) is 0 Å². The maximum atomic E-state index is 13.1. The SMILES string of the molecule is NC(=O)c1n[nH]nc1-c1cc(F)ccc1[B-](F)(F)F. The van der Waals surface area contributed by atoms with Crippen molar-refractivity contribution >= 4 is 18.3 Å². The Morgan fingerprint density at radius 2 is 1.95 bits per heavy atom. The molecule has 5 nitrogen and oxygen atoms in total. The van der Waals surface area contributed by atoms with Gasteiger partial charge in [-0.1, -0.05) is 11.5 Å². The normalized spacial score (nSPS) is 11.6. The number of hydrogen-bond acceptors (Lipinski definition) is 3. The van der Waals surface area contributed by atoms with Crippen LogP contribution in [0.2, 0.25) is 0 Å². The molecule has 1 amide bonds. The van der Waals surface area contributed by atoms with Crippen LogP contribution in [0.5, 0.6) is 0 Å². The van der Waals surface area contributed by atoms with E-state index in [9.17, 15) is 22.1 Å². The number of halogens is 4. The van der Waals surface area contributed by atoms with Gasteiger partial charge in [-0.3, -0.25) is 4.79 Å². The van der Waals surface area contributed by atoms with E-state index in [1.165, 1.54) is 0 Å². The first-order chi connectivity index (χ1) is 8.80. The number of carbonyl (C=O) groups excluding carboxylic acids is 1. The van der Waals surface area contributed by atoms with Crippen molar-refractivity contribution in [2.24, 2.45) is 5.73 Å². The van der Waals surface area contributed by atoms with Crippen LogP contribution in [-0.2, 0) is 0 Å². The molecule has 1 aromatic carbocycles. The van der Waals surface area contributed by atoms with E-state index < -0.39 is 41.1 Å². The van der Waals surface area contributed by atoms with E-state index in [-0.39, 0.29) is 0 Å². The molecule has 19 heavy (non-hydrogen) atoms. The fraction of sp³-hybridized carbons (Fsp3) is 0. The zero-order valence-corrected chi connectivity index (χ0v) is 9.20. The predicted octanol–water partition coefficient (Wildman–Crippen LogP) is 0.764. The van der Waals surface area contributed by atoms with Crippen LogP contribution in [0, 0.1) is 5.82 Å². The Hall–Kier alpha value is -2.39. The second kappa shape index (κ2) is 4.37. The highest BCUT2D eigenvalue weighted by molar-refractivity contribution is 6.75. The minimum atomic E-state index is -5.40. The molecule has 0 unspecified atom stereocenters. The van der Waals surface area contributed by atoms with Gasteiger partial charge in [0.25, 0.3) is 5.91 Å². The lowest BCUT2D eigenvalue weighted by Gasteiger charge is -2.18. The number of primary amides is 1. The van der Waals surface area contributed by atoms with Crippen molar-refractivity contribution in [2.75, 3.05) is 0 Å². The van der Waals surface area contributed by atoms with E-state index in [1.54, 1.807) is 0 Å². The van der Waals surface area contributed by atoms with Gasteiger partial charge in [0.05, 0.1) is 0 Å². The van der Waals surface area contributed by atoms with Crippen LogP contribution in [0.1, 0.15) is 10.5 Å². The molecule has 0 aliphatic rings. The first kappa shape index (κ1) is 13.1. The summed E-state index contributed by atoms with van der Waals surface area (Å²) in [6, 6.07) is 1.90. The van der Waals surface area contributed by atoms with E-state index in [0.29, 0.717) is 18.2 Å². The maximum absolute atomic E-state index is 13.1. The maximum Gasteiger partial charge on any atom is 0.510 e. The smallest absolute Gasteiger partial charge is 0.445 e. The number of H-pyrrole nitrogens is 1. The van der Waals surface area contributed by atoms with Crippen LogP contribution in [0.4, 0.5) is 17.3 Å². The molecule has 1 heterocycles. The molecule has 0 radical (unpaired) electrons. The number of aromatic nitrogens is 3. The summed E-state index contributed by atoms with van der Waals surface area (Å²) in [6.45, 7) is -5.40. The van der Waals surface area contributed by atoms with Crippen molar-refractivity contribution in [3.63, 3.8) is 0 Å². The number of hydrogen-bond donors (Lipinski definition) is 2. The predicted molar refractivity (Wildman–Crippen MR) is 59.0 cm³/mol. The van der Waals surface area contributed by atoms with Crippen molar-refractivity contribution in [1.29, 1.82) is 0 Å². The third-order valence-electron chi connectivity index (χ3n) is 2.40. The number of aromatic amines is 1. The van der Waals surface area contributed by atoms with Gasteiger partial charge in [0.15, 0.2) is 5.69 Å². The molecule has 0 spiro atoms. The van der Waals surface area contributed by atoms with Crippen LogP contribution in [-0.4, -0.2) is 28.3 Å². The van der Waals surface area contributed by atoms with E-state index in [4.69, 9.17) is 5.73 Å². The lowest BCUT2D eigenvalue weighted by atomic mass is 9.76. The molecule has 0 saturated heterocycles. The van der Waals surface area contributed by atoms with E-state index >= 15 is 0 Å². The molecule has 100 valence electrons. The van der Waals surface area contributed by atoms with Crippen molar-refractivity contribution in [2.45, 2.75) is 0 Å². The Morgan fingerprint density at radius 1 is 1.26 bits per heavy atom. The summed E-state index contributed by atoms with van der Waals surface area (Å²) in [6.07, 6.45) is 0. The Kier molecular flexibility index (Phi) is 3.01. The number of nitrogens with zero attached hydrogens (tertiary/aromatic N) is 2. The molecule has 0 aliphatic heterocycles. The number of amides is 1. The topological polar surface area (TPSA) is 84.7 Å². The standard InChI is InChI=1S/C9H6BF4N4O/c11-4-1-2-6(10(12,13)14)5(3-4)7-8(9(15)19)17-18-16-7/h1-3H,(H2,15,19)(H,16,17,18)/q-1. The Labute approximate surface area is 103 Å². The average Bonchev–Trinajstić information content (AvgIpc) is 2.75. The van der Waals surface area contributed by atoms with Crippen LogP contribution in [0.15, 0.2) is 18.2 Å². The second-order valence-corrected chi connectivity index (χ2v) is 3.69. The first-order valence-electron chi connectivity index (χ1n) is 5.01. The fourth-order valence-electron chi connectivity index (χ4n) is 1.61. The molecule has 1 aromatic heterocycles. The molecule has 0 bridgehead atoms. The van der Waals surface area contributed by atoms with E-state index in [0.717, 1.165) is 0 Å². The van der Waals surface area contributed by atoms with Gasteiger partial charge in [-0.05, 0) is 17.7 Å². The molecular weight excluding hydrogens is 267 g/mol. The van der Waals surface area contributed by atoms with Gasteiger partial charge >= 0.3 is 6.98 Å². The van der Waals surface area contributed by atoms with Crippen LogP contribution in [0.3, 0.4) is 0 Å². The summed E-state index contributed by atoms with van der Waals surface area (Å²) in [4.78, 5) is 11.0. The molecule has 2 rings (SSSR count). The third-order valence-corrected chi connectivity index (χ3v) is 2.40. The lowest BCUT2D eigenvalue weighted by molar-refractivity contribution is 0.0996. The van der Waals surface area contributed by atoms with Gasteiger partial charge < -0.3 is 18.7 Å². The Bertz CT molecular complexity index is 639. The van der Waals surface area contributed by atoms with Gasteiger partial charge in [-0.2, -0.15) is 15.4 Å². The number of nitrogens with two attached hydrogens (primary N) is 1. The van der Waals surface area contributed by atoms with Crippen molar-refractivity contribution in [1.82, 2.24) is 15.4 Å². The average molecular weight is 273 g/mol. The van der Waals surface area contributed by atoms with Crippen LogP contribution < -0.4 is 11.2 Å². The van der Waals surface area contributed by atoms with Crippen molar-refractivity contribution in [3.8, 4) is 11.3 Å². The van der Waals surface area contributed by atoms with E-state index in [1.807, 2.05) is 5.21 Å². The quantitative estimate of drug-likeness (QED) is 0.639. The largest absolute Gasteiger partial charge is 0.510 e. The monoisotopic (exact) mass is 273 g/mol. The fourth-order valence-corrected chi connectivity index (χ4v) is 1.61. The molecule has 0 saturated carbocycles. The van der Waals surface area contributed by atoms with Gasteiger partial charge in [-0.25, -0.2) is 4.39 Å². The number of nitrogens with one attached hydrogen (secondary N) is 1. The Balaban J connectivity index is 2.70. The summed E-state index contributed by atoms with van der Waals surface area (Å²) in [7, 11) is 0. The van der Waals surface area contributed by atoms with Crippen LogP contribution in [0.25, 0.3) is 11.3 Å². The van der Waals surface area contributed by atoms with Gasteiger partial charge in [0.1, 0.15) is 11.5 Å². The first-order valence-corrected chi connectivity index (χ1v) is 5.01. The molecule has 0 atom stereocenters. The summed E-state index contributed by atoms with van der Waals surface area (Å²) < 4.78 is 51.7.